The van der Waals surface area contributed by atoms with Gasteiger partial charge >= 0.3 is 6.01 Å². The summed E-state index contributed by atoms with van der Waals surface area (Å²) in [5.74, 6) is -0.0251. The van der Waals surface area contributed by atoms with E-state index in [1.807, 2.05) is 14.1 Å². The Labute approximate surface area is 130 Å². The van der Waals surface area contributed by atoms with Gasteiger partial charge in [-0.3, -0.25) is 4.79 Å². The first-order valence-electron chi connectivity index (χ1n) is 7.18. The lowest BCUT2D eigenvalue weighted by Gasteiger charge is -2.33. The summed E-state index contributed by atoms with van der Waals surface area (Å²) in [5.41, 5.74) is 0.757. The van der Waals surface area contributed by atoms with Crippen molar-refractivity contribution in [1.29, 1.82) is 0 Å². The number of hydrogen-bond acceptors (Lipinski definition) is 6. The van der Waals surface area contributed by atoms with Gasteiger partial charge in [-0.25, -0.2) is 9.97 Å². The number of carbonyl (C=O) groups excluding carboxylic acids is 1. The molecule has 0 radical (unpaired) electrons. The average molecular weight is 306 g/mol. The van der Waals surface area contributed by atoms with Gasteiger partial charge in [-0.2, -0.15) is 0 Å². The van der Waals surface area contributed by atoms with E-state index in [1.165, 1.54) is 7.11 Å². The number of methoxy groups -OCH3 is 1. The van der Waals surface area contributed by atoms with Gasteiger partial charge in [-0.05, 0) is 20.2 Å². The van der Waals surface area contributed by atoms with E-state index in [0.29, 0.717) is 25.7 Å². The predicted molar refractivity (Wildman–Crippen MR) is 82.5 cm³/mol. The highest BCUT2D eigenvalue weighted by Gasteiger charge is 2.23. The highest BCUT2D eigenvalue weighted by atomic mass is 16.5. The smallest absolute Gasteiger partial charge is 0.316 e. The van der Waals surface area contributed by atoms with Crippen molar-refractivity contribution in [3.63, 3.8) is 0 Å². The van der Waals surface area contributed by atoms with Crippen LogP contribution in [0, 0.1) is 0 Å². The van der Waals surface area contributed by atoms with Gasteiger partial charge in [0.1, 0.15) is 0 Å². The van der Waals surface area contributed by atoms with Gasteiger partial charge in [0.2, 0.25) is 5.91 Å². The van der Waals surface area contributed by atoms with Gasteiger partial charge < -0.3 is 19.3 Å². The second-order valence-corrected chi connectivity index (χ2v) is 5.38. The summed E-state index contributed by atoms with van der Waals surface area (Å²) in [5, 5.41) is 0. The zero-order valence-corrected chi connectivity index (χ0v) is 13.2. The molecule has 1 unspecified atom stereocenters. The third-order valence-electron chi connectivity index (χ3n) is 3.27. The molecule has 1 amide bonds. The molecule has 2 rings (SSSR count). The Hall–Kier alpha value is -1.99. The summed E-state index contributed by atoms with van der Waals surface area (Å²) in [6.07, 6.45) is 6.54. The molecular formula is C15H22N4O3. The van der Waals surface area contributed by atoms with Crippen LogP contribution in [0.25, 0.3) is 6.08 Å². The lowest BCUT2D eigenvalue weighted by molar-refractivity contribution is -0.133. The molecular weight excluding hydrogens is 284 g/mol. The number of rotatable bonds is 5. The first kappa shape index (κ1) is 16.4. The standard InChI is InChI=1S/C15H22N4O3/c1-18(2)10-13-11-19(6-7-22-13)14(20)5-4-12-8-16-15(21-3)17-9-12/h4-5,8-9,13H,6-7,10-11H2,1-3H3. The quantitative estimate of drug-likeness (QED) is 0.728. The van der Waals surface area contributed by atoms with Crippen LogP contribution in [0.2, 0.25) is 0 Å². The molecule has 1 aromatic heterocycles. The minimum absolute atomic E-state index is 0.0251. The van der Waals surface area contributed by atoms with Crippen molar-refractivity contribution in [2.75, 3.05) is 47.4 Å². The first-order chi connectivity index (χ1) is 10.6. The maximum Gasteiger partial charge on any atom is 0.316 e. The van der Waals surface area contributed by atoms with Crippen LogP contribution >= 0.6 is 0 Å². The summed E-state index contributed by atoms with van der Waals surface area (Å²) in [6.45, 7) is 2.61. The van der Waals surface area contributed by atoms with Crippen LogP contribution in [-0.2, 0) is 9.53 Å². The summed E-state index contributed by atoms with van der Waals surface area (Å²) in [6, 6.07) is 0.309. The Morgan fingerprint density at radius 2 is 2.23 bits per heavy atom. The van der Waals surface area contributed by atoms with Crippen LogP contribution in [0.1, 0.15) is 5.56 Å². The number of amides is 1. The second kappa shape index (κ2) is 7.86. The van der Waals surface area contributed by atoms with E-state index in [9.17, 15) is 4.79 Å². The molecule has 0 N–H and O–H groups in total. The van der Waals surface area contributed by atoms with Gasteiger partial charge in [0, 0.05) is 43.7 Å². The van der Waals surface area contributed by atoms with Crippen molar-refractivity contribution < 1.29 is 14.3 Å². The van der Waals surface area contributed by atoms with Gasteiger partial charge in [0.25, 0.3) is 0 Å². The lowest BCUT2D eigenvalue weighted by atomic mass is 10.2. The minimum atomic E-state index is -0.0251. The van der Waals surface area contributed by atoms with Crippen LogP contribution in [-0.4, -0.2) is 79.2 Å². The molecule has 1 aromatic rings. The zero-order valence-electron chi connectivity index (χ0n) is 13.2. The number of carbonyl (C=O) groups is 1. The molecule has 1 saturated heterocycles. The van der Waals surface area contributed by atoms with Crippen LogP contribution in [0.15, 0.2) is 18.5 Å². The summed E-state index contributed by atoms with van der Waals surface area (Å²) < 4.78 is 10.6. The highest BCUT2D eigenvalue weighted by Crippen LogP contribution is 2.08. The molecule has 1 aliphatic heterocycles. The lowest BCUT2D eigenvalue weighted by Crippen LogP contribution is -2.48. The third-order valence-corrected chi connectivity index (χ3v) is 3.27. The molecule has 7 heteroatoms. The van der Waals surface area contributed by atoms with Crippen LogP contribution in [0.4, 0.5) is 0 Å². The fourth-order valence-corrected chi connectivity index (χ4v) is 2.23. The monoisotopic (exact) mass is 306 g/mol. The molecule has 22 heavy (non-hydrogen) atoms. The van der Waals surface area contributed by atoms with Crippen molar-refractivity contribution in [1.82, 2.24) is 19.8 Å². The molecule has 0 spiro atoms. The van der Waals surface area contributed by atoms with E-state index in [1.54, 1.807) is 29.4 Å². The largest absolute Gasteiger partial charge is 0.467 e. The zero-order chi connectivity index (χ0) is 15.9. The summed E-state index contributed by atoms with van der Waals surface area (Å²) in [4.78, 5) is 24.1. The topological polar surface area (TPSA) is 67.8 Å². The molecule has 1 atom stereocenters. The van der Waals surface area contributed by atoms with E-state index >= 15 is 0 Å². The second-order valence-electron chi connectivity index (χ2n) is 5.38. The van der Waals surface area contributed by atoms with E-state index in [2.05, 4.69) is 14.9 Å². The maximum absolute atomic E-state index is 12.2. The first-order valence-corrected chi connectivity index (χ1v) is 7.18. The molecule has 7 nitrogen and oxygen atoms in total. The normalized spacial score (nSPS) is 18.9. The molecule has 120 valence electrons. The van der Waals surface area contributed by atoms with Crippen molar-refractivity contribution >= 4 is 12.0 Å². The fourth-order valence-electron chi connectivity index (χ4n) is 2.23. The number of hydrogen-bond donors (Lipinski definition) is 0. The number of morpholine rings is 1. The Bertz CT molecular complexity index is 516. The predicted octanol–water partition coefficient (Wildman–Crippen LogP) is 0.287. The van der Waals surface area contributed by atoms with E-state index in [0.717, 1.165) is 12.1 Å². The maximum atomic E-state index is 12.2. The number of likely N-dealkylation sites (N-methyl/N-ethyl adjacent to an activating group) is 1. The summed E-state index contributed by atoms with van der Waals surface area (Å²) >= 11 is 0. The van der Waals surface area contributed by atoms with Crippen LogP contribution in [0.5, 0.6) is 6.01 Å². The molecule has 2 heterocycles. The average Bonchev–Trinajstić information content (AvgIpc) is 2.52. The molecule has 1 aliphatic rings. The Kier molecular flexibility index (Phi) is 5.85. The summed E-state index contributed by atoms with van der Waals surface area (Å²) in [7, 11) is 5.50. The SMILES string of the molecule is COc1ncc(C=CC(=O)N2CCOC(CN(C)C)C2)cn1. The highest BCUT2D eigenvalue weighted by molar-refractivity contribution is 5.91. The van der Waals surface area contributed by atoms with Gasteiger partial charge in [-0.15, -0.1) is 0 Å². The number of ether oxygens (including phenoxy) is 2. The van der Waals surface area contributed by atoms with Gasteiger partial charge in [0.15, 0.2) is 0 Å². The van der Waals surface area contributed by atoms with Crippen molar-refractivity contribution in [2.24, 2.45) is 0 Å². The van der Waals surface area contributed by atoms with Crippen LogP contribution in [0.3, 0.4) is 0 Å². The molecule has 0 aromatic carbocycles. The van der Waals surface area contributed by atoms with Crippen LogP contribution < -0.4 is 4.74 Å². The molecule has 0 bridgehead atoms. The fraction of sp³-hybridized carbons (Fsp3) is 0.533. The van der Waals surface area contributed by atoms with Gasteiger partial charge in [-0.1, -0.05) is 0 Å². The Morgan fingerprint density at radius 3 is 2.86 bits per heavy atom. The van der Waals surface area contributed by atoms with Crippen molar-refractivity contribution in [2.45, 2.75) is 6.10 Å². The number of nitrogens with zero attached hydrogens (tertiary/aromatic N) is 4. The molecule has 0 aliphatic carbocycles. The molecule has 0 saturated carbocycles. The van der Waals surface area contributed by atoms with Crippen molar-refractivity contribution in [3.05, 3.63) is 24.0 Å². The van der Waals surface area contributed by atoms with Crippen molar-refractivity contribution in [3.8, 4) is 6.01 Å². The number of aromatic nitrogens is 2. The third kappa shape index (κ3) is 4.78. The Balaban J connectivity index is 1.91. The molecule has 1 fully saturated rings. The van der Waals surface area contributed by atoms with E-state index in [-0.39, 0.29) is 12.0 Å². The Morgan fingerprint density at radius 1 is 1.50 bits per heavy atom. The van der Waals surface area contributed by atoms with E-state index in [4.69, 9.17) is 9.47 Å². The minimum Gasteiger partial charge on any atom is -0.467 e. The van der Waals surface area contributed by atoms with Gasteiger partial charge in [0.05, 0.1) is 19.8 Å². The van der Waals surface area contributed by atoms with E-state index < -0.39 is 0 Å².